The summed E-state index contributed by atoms with van der Waals surface area (Å²) in [6, 6.07) is 12.0. The Morgan fingerprint density at radius 3 is 2.28 bits per heavy atom. The van der Waals surface area contributed by atoms with Gasteiger partial charge in [0.25, 0.3) is 0 Å². The molecule has 2 aliphatic heterocycles. The Hall–Kier alpha value is -2.76. The number of benzene rings is 1. The van der Waals surface area contributed by atoms with Crippen LogP contribution in [0.2, 0.25) is 0 Å². The van der Waals surface area contributed by atoms with Gasteiger partial charge in [0.15, 0.2) is 0 Å². The molecule has 8 heteroatoms. The second-order valence-electron chi connectivity index (χ2n) is 8.49. The fraction of sp³-hybridized carbons (Fsp3) is 0.458. The van der Waals surface area contributed by atoms with Crippen LogP contribution < -0.4 is 0 Å². The van der Waals surface area contributed by atoms with E-state index in [-0.39, 0.29) is 22.8 Å². The summed E-state index contributed by atoms with van der Waals surface area (Å²) in [5.41, 5.74) is 1.55. The van der Waals surface area contributed by atoms with Crippen molar-refractivity contribution in [3.63, 3.8) is 0 Å². The number of carbonyl (C=O) groups excluding carboxylic acids is 1. The van der Waals surface area contributed by atoms with Gasteiger partial charge in [0, 0.05) is 37.9 Å². The van der Waals surface area contributed by atoms with Crippen molar-refractivity contribution in [1.82, 2.24) is 14.2 Å². The van der Waals surface area contributed by atoms with Gasteiger partial charge in [0.2, 0.25) is 15.9 Å². The number of pyridine rings is 1. The van der Waals surface area contributed by atoms with Crippen molar-refractivity contribution in [2.24, 2.45) is 5.92 Å². The third kappa shape index (κ3) is 4.69. The summed E-state index contributed by atoms with van der Waals surface area (Å²) in [6.07, 6.45) is 8.75. The van der Waals surface area contributed by atoms with Crippen LogP contribution >= 0.6 is 0 Å². The smallest absolute Gasteiger partial charge is 0.243 e. The molecule has 1 amide bonds. The first-order chi connectivity index (χ1) is 15.5. The number of amides is 1. The summed E-state index contributed by atoms with van der Waals surface area (Å²) in [5.74, 6) is -0.0195. The summed E-state index contributed by atoms with van der Waals surface area (Å²) < 4.78 is 27.4. The van der Waals surface area contributed by atoms with Crippen molar-refractivity contribution in [2.75, 3.05) is 19.6 Å². The second-order valence-corrected chi connectivity index (χ2v) is 10.4. The van der Waals surface area contributed by atoms with Crippen molar-refractivity contribution in [2.45, 2.75) is 49.5 Å². The summed E-state index contributed by atoms with van der Waals surface area (Å²) in [7, 11) is -3.63. The lowest BCUT2D eigenvalue weighted by molar-refractivity contribution is -0.139. The molecular formula is C24H28N4O3S. The third-order valence-corrected chi connectivity index (χ3v) is 8.46. The minimum absolute atomic E-state index is 0.0633. The van der Waals surface area contributed by atoms with E-state index in [1.165, 1.54) is 28.6 Å². The average Bonchev–Trinajstić information content (AvgIpc) is 3.10. The van der Waals surface area contributed by atoms with Gasteiger partial charge < -0.3 is 4.90 Å². The van der Waals surface area contributed by atoms with Crippen LogP contribution in [0.4, 0.5) is 0 Å². The van der Waals surface area contributed by atoms with Gasteiger partial charge in [-0.05, 0) is 67.6 Å². The van der Waals surface area contributed by atoms with E-state index in [2.05, 4.69) is 4.98 Å². The highest BCUT2D eigenvalue weighted by molar-refractivity contribution is 7.89. The molecule has 3 heterocycles. The molecular weight excluding hydrogens is 424 g/mol. The molecule has 1 atom stereocenters. The van der Waals surface area contributed by atoms with E-state index >= 15 is 0 Å². The van der Waals surface area contributed by atoms with Crippen LogP contribution in [-0.4, -0.2) is 48.1 Å². The summed E-state index contributed by atoms with van der Waals surface area (Å²) in [6.45, 7) is 1.40. The maximum absolute atomic E-state index is 13.5. The van der Waals surface area contributed by atoms with Gasteiger partial charge in [0.1, 0.15) is 0 Å². The first kappa shape index (κ1) is 22.4. The number of piperidine rings is 1. The number of aromatic nitrogens is 1. The number of likely N-dealkylation sites (tertiary alicyclic amines) is 1. The van der Waals surface area contributed by atoms with Gasteiger partial charge in [-0.15, -0.1) is 0 Å². The van der Waals surface area contributed by atoms with E-state index in [0.29, 0.717) is 31.5 Å². The average molecular weight is 453 g/mol. The maximum atomic E-state index is 13.5. The van der Waals surface area contributed by atoms with Crippen LogP contribution in [0.1, 0.15) is 55.7 Å². The molecule has 2 aliphatic rings. The van der Waals surface area contributed by atoms with Crippen molar-refractivity contribution in [3.8, 4) is 6.07 Å². The van der Waals surface area contributed by atoms with Crippen molar-refractivity contribution >= 4 is 15.9 Å². The van der Waals surface area contributed by atoms with E-state index in [1.54, 1.807) is 12.4 Å². The van der Waals surface area contributed by atoms with Crippen LogP contribution in [0, 0.1) is 17.2 Å². The Labute approximate surface area is 189 Å². The summed E-state index contributed by atoms with van der Waals surface area (Å²) >= 11 is 0. The molecule has 1 aromatic carbocycles. The minimum Gasteiger partial charge on any atom is -0.335 e. The standard InChI is InChI=1S/C24H28N4O3S/c25-18-19-5-7-22(8-6-19)32(30,31)27-16-11-21(12-17-27)24(29)28-15-3-1-2-4-23(28)20-9-13-26-14-10-20/h5-10,13-14,21,23H,1-4,11-12,15-17H2. The van der Waals surface area contributed by atoms with Crippen molar-refractivity contribution in [1.29, 1.82) is 5.26 Å². The molecule has 4 rings (SSSR count). The zero-order chi connectivity index (χ0) is 22.6. The lowest BCUT2D eigenvalue weighted by Crippen LogP contribution is -2.45. The highest BCUT2D eigenvalue weighted by atomic mass is 32.2. The Balaban J connectivity index is 1.44. The van der Waals surface area contributed by atoms with E-state index in [0.717, 1.165) is 37.8 Å². The summed E-state index contributed by atoms with van der Waals surface area (Å²) in [4.78, 5) is 19.8. The number of rotatable bonds is 4. The van der Waals surface area contributed by atoms with Crippen molar-refractivity contribution < 1.29 is 13.2 Å². The molecule has 0 saturated carbocycles. The maximum Gasteiger partial charge on any atom is 0.243 e. The minimum atomic E-state index is -3.63. The lowest BCUT2D eigenvalue weighted by Gasteiger charge is -2.36. The molecule has 1 aromatic heterocycles. The molecule has 32 heavy (non-hydrogen) atoms. The number of carbonyl (C=O) groups is 1. The molecule has 0 spiro atoms. The van der Waals surface area contributed by atoms with Crippen LogP contribution in [0.25, 0.3) is 0 Å². The van der Waals surface area contributed by atoms with E-state index < -0.39 is 10.0 Å². The Kier molecular flexibility index (Phi) is 6.87. The monoisotopic (exact) mass is 452 g/mol. The lowest BCUT2D eigenvalue weighted by atomic mass is 9.94. The number of hydrogen-bond acceptors (Lipinski definition) is 5. The molecule has 0 N–H and O–H groups in total. The van der Waals surface area contributed by atoms with Gasteiger partial charge in [-0.3, -0.25) is 9.78 Å². The van der Waals surface area contributed by atoms with Gasteiger partial charge in [-0.25, -0.2) is 8.42 Å². The first-order valence-corrected chi connectivity index (χ1v) is 12.7. The Morgan fingerprint density at radius 1 is 0.938 bits per heavy atom. The SMILES string of the molecule is N#Cc1ccc(S(=O)(=O)N2CCC(C(=O)N3CCCCCC3c3ccncc3)CC2)cc1. The van der Waals surface area contributed by atoms with Crippen molar-refractivity contribution in [3.05, 3.63) is 59.9 Å². The molecule has 2 saturated heterocycles. The quantitative estimate of drug-likeness (QED) is 0.708. The predicted octanol–water partition coefficient (Wildman–Crippen LogP) is 3.50. The van der Waals surface area contributed by atoms with E-state index in [9.17, 15) is 13.2 Å². The van der Waals surface area contributed by atoms with Gasteiger partial charge in [0.05, 0.1) is 22.6 Å². The molecule has 0 radical (unpaired) electrons. The molecule has 2 fully saturated rings. The molecule has 0 bridgehead atoms. The number of nitriles is 1. The molecule has 0 aliphatic carbocycles. The van der Waals surface area contributed by atoms with Gasteiger partial charge >= 0.3 is 0 Å². The van der Waals surface area contributed by atoms with E-state index in [1.807, 2.05) is 23.1 Å². The van der Waals surface area contributed by atoms with Crippen LogP contribution in [-0.2, 0) is 14.8 Å². The zero-order valence-electron chi connectivity index (χ0n) is 18.1. The predicted molar refractivity (Wildman–Crippen MR) is 120 cm³/mol. The molecule has 1 unspecified atom stereocenters. The topological polar surface area (TPSA) is 94.4 Å². The highest BCUT2D eigenvalue weighted by Crippen LogP contribution is 2.33. The van der Waals surface area contributed by atoms with E-state index in [4.69, 9.17) is 5.26 Å². The molecule has 7 nitrogen and oxygen atoms in total. The number of nitrogens with zero attached hydrogens (tertiary/aromatic N) is 4. The fourth-order valence-electron chi connectivity index (χ4n) is 4.73. The number of sulfonamides is 1. The Bertz CT molecular complexity index is 1070. The molecule has 2 aromatic rings. The summed E-state index contributed by atoms with van der Waals surface area (Å²) in [5, 5.41) is 8.93. The normalized spacial score (nSPS) is 21.0. The largest absolute Gasteiger partial charge is 0.335 e. The van der Waals surface area contributed by atoms with Crippen LogP contribution in [0.5, 0.6) is 0 Å². The molecule has 168 valence electrons. The van der Waals surface area contributed by atoms with Gasteiger partial charge in [-0.2, -0.15) is 9.57 Å². The third-order valence-electron chi connectivity index (χ3n) is 6.55. The number of hydrogen-bond donors (Lipinski definition) is 0. The first-order valence-electron chi connectivity index (χ1n) is 11.2. The fourth-order valence-corrected chi connectivity index (χ4v) is 6.20. The Morgan fingerprint density at radius 2 is 1.62 bits per heavy atom. The zero-order valence-corrected chi connectivity index (χ0v) is 18.9. The highest BCUT2D eigenvalue weighted by Gasteiger charge is 2.36. The van der Waals surface area contributed by atoms with Gasteiger partial charge in [-0.1, -0.05) is 12.8 Å². The van der Waals surface area contributed by atoms with Crippen LogP contribution in [0.3, 0.4) is 0 Å². The second kappa shape index (κ2) is 9.80. The van der Waals surface area contributed by atoms with Crippen LogP contribution in [0.15, 0.2) is 53.7 Å².